The minimum absolute atomic E-state index is 0.0100. The molecule has 1 aromatic rings. The van der Waals surface area contributed by atoms with Gasteiger partial charge in [-0.05, 0) is 37.8 Å². The topological polar surface area (TPSA) is 57.6 Å². The van der Waals surface area contributed by atoms with Gasteiger partial charge in [-0.3, -0.25) is 4.79 Å². The number of nitrogens with zero attached hydrogens (tertiary/aromatic N) is 1. The molecule has 134 valence electrons. The van der Waals surface area contributed by atoms with E-state index in [2.05, 4.69) is 0 Å². The lowest BCUT2D eigenvalue weighted by atomic mass is 10.00. The van der Waals surface area contributed by atoms with Crippen molar-refractivity contribution in [1.82, 2.24) is 4.31 Å². The van der Waals surface area contributed by atoms with Crippen LogP contribution in [0.5, 0.6) is 0 Å². The van der Waals surface area contributed by atoms with Crippen LogP contribution in [-0.4, -0.2) is 32.2 Å². The van der Waals surface area contributed by atoms with Crippen molar-refractivity contribution in [1.29, 1.82) is 0 Å². The minimum atomic E-state index is -4.55. The Labute approximate surface area is 141 Å². The van der Waals surface area contributed by atoms with E-state index < -0.39 is 28.7 Å². The van der Waals surface area contributed by atoms with Crippen LogP contribution < -0.4 is 0 Å². The molecule has 1 saturated heterocycles. The van der Waals surface area contributed by atoms with Gasteiger partial charge in [0.25, 0.3) is 0 Å². The van der Waals surface area contributed by atoms with E-state index in [1.165, 1.54) is 18.2 Å². The predicted octanol–water partition coefficient (Wildman–Crippen LogP) is 3.84. The second-order valence-corrected chi connectivity index (χ2v) is 7.23. The van der Waals surface area contributed by atoms with Crippen LogP contribution >= 0.6 is 0 Å². The Morgan fingerprint density at radius 2 is 2.00 bits per heavy atom. The van der Waals surface area contributed by atoms with Crippen molar-refractivity contribution in [2.45, 2.75) is 55.6 Å². The molecule has 8 heteroatoms. The summed E-state index contributed by atoms with van der Waals surface area (Å²) >= 11 is 0. The zero-order chi connectivity index (χ0) is 17.7. The van der Waals surface area contributed by atoms with Crippen LogP contribution in [0.4, 0.5) is 13.2 Å². The lowest BCUT2D eigenvalue weighted by molar-refractivity contribution is -0.140. The third-order valence-corrected chi connectivity index (χ3v) is 5.73. The van der Waals surface area contributed by atoms with Crippen molar-refractivity contribution in [3.63, 3.8) is 0 Å². The molecule has 2 atom stereocenters. The summed E-state index contributed by atoms with van der Waals surface area (Å²) in [5.41, 5.74) is -0.877. The van der Waals surface area contributed by atoms with E-state index in [0.29, 0.717) is 19.4 Å². The molecule has 1 N–H and O–H groups in total. The van der Waals surface area contributed by atoms with Crippen LogP contribution in [-0.2, 0) is 22.0 Å². The number of hydrogen-bond donors (Lipinski definition) is 1. The summed E-state index contributed by atoms with van der Waals surface area (Å²) in [6.07, 6.45) is -1.20. The van der Waals surface area contributed by atoms with E-state index in [0.717, 1.165) is 25.3 Å². The van der Waals surface area contributed by atoms with E-state index in [-0.39, 0.29) is 17.4 Å². The zero-order valence-corrected chi connectivity index (χ0v) is 13.9. The third kappa shape index (κ3) is 4.80. The number of piperidine rings is 1. The smallest absolute Gasteiger partial charge is 0.417 e. The Kier molecular flexibility index (Phi) is 6.40. The van der Waals surface area contributed by atoms with Crippen LogP contribution in [0, 0.1) is 0 Å². The van der Waals surface area contributed by atoms with E-state index in [1.54, 1.807) is 4.31 Å². The van der Waals surface area contributed by atoms with Crippen molar-refractivity contribution in [2.75, 3.05) is 6.54 Å². The summed E-state index contributed by atoms with van der Waals surface area (Å²) in [6.45, 7) is 0.455. The van der Waals surface area contributed by atoms with Gasteiger partial charge in [0.1, 0.15) is 11.0 Å². The Balaban J connectivity index is 2.18. The molecule has 0 radical (unpaired) electrons. The first kappa shape index (κ1) is 18.9. The maximum Gasteiger partial charge on any atom is 0.417 e. The van der Waals surface area contributed by atoms with Gasteiger partial charge < -0.3 is 5.11 Å². The first-order valence-corrected chi connectivity index (χ1v) is 8.98. The fourth-order valence-electron chi connectivity index (χ4n) is 2.95. The molecule has 0 bridgehead atoms. The second kappa shape index (κ2) is 8.11. The van der Waals surface area contributed by atoms with E-state index in [1.807, 2.05) is 0 Å². The van der Waals surface area contributed by atoms with Crippen LogP contribution in [0.3, 0.4) is 0 Å². The molecular formula is C16H20F3NO3S. The molecule has 2 rings (SSSR count). The normalized spacial score (nSPS) is 20.7. The van der Waals surface area contributed by atoms with Crippen molar-refractivity contribution in [2.24, 2.45) is 0 Å². The molecule has 1 aromatic carbocycles. The molecule has 0 spiro atoms. The van der Waals surface area contributed by atoms with Gasteiger partial charge in [0.15, 0.2) is 0 Å². The Morgan fingerprint density at radius 1 is 1.29 bits per heavy atom. The second-order valence-electron chi connectivity index (χ2n) is 5.82. The number of carbonyl (C=O) groups is 1. The Hall–Kier alpha value is -1.41. The quantitative estimate of drug-likeness (QED) is 0.835. The van der Waals surface area contributed by atoms with Crippen LogP contribution in [0.2, 0.25) is 0 Å². The summed E-state index contributed by atoms with van der Waals surface area (Å²) < 4.78 is 53.8. The standard InChI is InChI=1S/C16H20F3NO3S/c17-16(18,19)13-8-1-2-9-14(13)24(23)20-11-4-3-6-12(20)7-5-10-15(21)22/h1-2,8-9,12H,3-7,10-11H2,(H,21,22). The number of halogens is 3. The summed E-state index contributed by atoms with van der Waals surface area (Å²) in [4.78, 5) is 10.4. The van der Waals surface area contributed by atoms with Gasteiger partial charge in [0.2, 0.25) is 0 Å². The van der Waals surface area contributed by atoms with Crippen LogP contribution in [0.25, 0.3) is 0 Å². The SMILES string of the molecule is O=C(O)CCCC1CCCCN1S(=O)c1ccccc1C(F)(F)F. The molecular weight excluding hydrogens is 343 g/mol. The van der Waals surface area contributed by atoms with Gasteiger partial charge in [-0.1, -0.05) is 18.6 Å². The molecule has 1 aliphatic rings. The molecule has 0 aromatic heterocycles. The number of alkyl halides is 3. The van der Waals surface area contributed by atoms with Gasteiger partial charge in [-0.25, -0.2) is 8.51 Å². The molecule has 0 amide bonds. The van der Waals surface area contributed by atoms with E-state index in [4.69, 9.17) is 5.11 Å². The summed E-state index contributed by atoms with van der Waals surface area (Å²) in [5.74, 6) is -0.902. The molecule has 24 heavy (non-hydrogen) atoms. The van der Waals surface area contributed by atoms with Gasteiger partial charge >= 0.3 is 12.1 Å². The monoisotopic (exact) mass is 363 g/mol. The largest absolute Gasteiger partial charge is 0.481 e. The van der Waals surface area contributed by atoms with Crippen molar-refractivity contribution in [3.8, 4) is 0 Å². The maximum absolute atomic E-state index is 13.1. The van der Waals surface area contributed by atoms with E-state index in [9.17, 15) is 22.2 Å². The highest BCUT2D eigenvalue weighted by atomic mass is 32.2. The van der Waals surface area contributed by atoms with Crippen LogP contribution in [0.1, 0.15) is 44.1 Å². The first-order chi connectivity index (χ1) is 11.3. The van der Waals surface area contributed by atoms with Crippen molar-refractivity contribution in [3.05, 3.63) is 29.8 Å². The zero-order valence-electron chi connectivity index (χ0n) is 13.1. The number of rotatable bonds is 6. The Morgan fingerprint density at radius 3 is 2.67 bits per heavy atom. The molecule has 1 heterocycles. The third-order valence-electron chi connectivity index (χ3n) is 4.09. The highest BCUT2D eigenvalue weighted by Gasteiger charge is 2.37. The average Bonchev–Trinajstić information content (AvgIpc) is 2.53. The molecule has 1 fully saturated rings. The predicted molar refractivity (Wildman–Crippen MR) is 83.7 cm³/mol. The van der Waals surface area contributed by atoms with E-state index >= 15 is 0 Å². The fourth-order valence-corrected chi connectivity index (χ4v) is 4.55. The highest BCUT2D eigenvalue weighted by molar-refractivity contribution is 7.82. The first-order valence-electron chi connectivity index (χ1n) is 7.87. The molecule has 1 aliphatic heterocycles. The maximum atomic E-state index is 13.1. The van der Waals surface area contributed by atoms with Crippen molar-refractivity contribution >= 4 is 17.0 Å². The molecule has 4 nitrogen and oxygen atoms in total. The van der Waals surface area contributed by atoms with Gasteiger partial charge in [0, 0.05) is 19.0 Å². The highest BCUT2D eigenvalue weighted by Crippen LogP contribution is 2.35. The van der Waals surface area contributed by atoms with Crippen molar-refractivity contribution < 1.29 is 27.3 Å². The number of hydrogen-bond acceptors (Lipinski definition) is 2. The lowest BCUT2D eigenvalue weighted by Gasteiger charge is -2.34. The van der Waals surface area contributed by atoms with Gasteiger partial charge in [-0.2, -0.15) is 13.2 Å². The lowest BCUT2D eigenvalue weighted by Crippen LogP contribution is -2.41. The molecule has 0 aliphatic carbocycles. The molecule has 2 unspecified atom stereocenters. The number of benzene rings is 1. The van der Waals surface area contributed by atoms with Crippen LogP contribution in [0.15, 0.2) is 29.2 Å². The van der Waals surface area contributed by atoms with Gasteiger partial charge in [0.05, 0.1) is 10.5 Å². The summed E-state index contributed by atoms with van der Waals surface area (Å²) in [6, 6.07) is 4.77. The summed E-state index contributed by atoms with van der Waals surface area (Å²) in [5, 5.41) is 8.72. The van der Waals surface area contributed by atoms with Gasteiger partial charge in [-0.15, -0.1) is 0 Å². The average molecular weight is 363 g/mol. The number of carboxylic acids is 1. The minimum Gasteiger partial charge on any atom is -0.481 e. The number of carboxylic acid groups (broad SMARTS) is 1. The number of aliphatic carboxylic acids is 1. The Bertz CT molecular complexity index is 606. The summed E-state index contributed by atoms with van der Waals surface area (Å²) in [7, 11) is -1.91. The fraction of sp³-hybridized carbons (Fsp3) is 0.562. The molecule has 0 saturated carbocycles.